The van der Waals surface area contributed by atoms with E-state index in [1.54, 1.807) is 6.92 Å². The molecule has 2 aromatic rings. The number of fused-ring (bicyclic) bond motifs is 1. The van der Waals surface area contributed by atoms with Crippen LogP contribution in [0.5, 0.6) is 0 Å². The summed E-state index contributed by atoms with van der Waals surface area (Å²) in [7, 11) is 1.27. The third kappa shape index (κ3) is 5.26. The van der Waals surface area contributed by atoms with Crippen LogP contribution in [0.15, 0.2) is 31.4 Å². The first kappa shape index (κ1) is 26.5. The van der Waals surface area contributed by atoms with E-state index in [0.29, 0.717) is 17.2 Å². The molecule has 2 aromatic heterocycles. The molecule has 2 atom stereocenters. The fourth-order valence-electron chi connectivity index (χ4n) is 3.17. The van der Waals surface area contributed by atoms with Gasteiger partial charge in [0, 0.05) is 23.8 Å². The quantitative estimate of drug-likeness (QED) is 0.110. The number of hydrogen-bond acceptors (Lipinski definition) is 14. The van der Waals surface area contributed by atoms with Crippen LogP contribution < -0.4 is 45.7 Å². The van der Waals surface area contributed by atoms with Crippen molar-refractivity contribution in [2.45, 2.75) is 23.6 Å². The van der Waals surface area contributed by atoms with Crippen molar-refractivity contribution < 1.29 is 58.3 Å². The maximum Gasteiger partial charge on any atom is 1.00 e. The van der Waals surface area contributed by atoms with Gasteiger partial charge in [0.1, 0.15) is 24.2 Å². The van der Waals surface area contributed by atoms with Gasteiger partial charge in [0.25, 0.3) is 17.0 Å². The van der Waals surface area contributed by atoms with Crippen molar-refractivity contribution >= 4 is 63.5 Å². The molecule has 34 heavy (non-hydrogen) atoms. The van der Waals surface area contributed by atoms with Gasteiger partial charge >= 0.3 is 29.6 Å². The predicted molar refractivity (Wildman–Crippen MR) is 117 cm³/mol. The average Bonchev–Trinajstić information content (AvgIpc) is 3.40. The van der Waals surface area contributed by atoms with E-state index in [1.807, 2.05) is 0 Å². The van der Waals surface area contributed by atoms with Crippen molar-refractivity contribution in [2.75, 3.05) is 24.3 Å². The van der Waals surface area contributed by atoms with Crippen molar-refractivity contribution in [2.24, 2.45) is 5.16 Å². The number of thiazole rings is 1. The number of nitrogens with two attached hydrogens (primary N) is 1. The number of anilines is 1. The number of carboxylic acid groups (broad SMARTS) is 1. The summed E-state index contributed by atoms with van der Waals surface area (Å²) in [6, 6.07) is -0.956. The second-order valence-corrected chi connectivity index (χ2v) is 9.59. The van der Waals surface area contributed by atoms with E-state index in [-0.39, 0.29) is 62.8 Å². The topological polar surface area (TPSA) is 189 Å². The van der Waals surface area contributed by atoms with Crippen LogP contribution in [0.1, 0.15) is 11.6 Å². The molecular formula is C17H16N7NaO6S3. The van der Waals surface area contributed by atoms with Crippen LogP contribution in [-0.4, -0.2) is 73.6 Å². The maximum absolute atomic E-state index is 12.8. The zero-order valence-electron chi connectivity index (χ0n) is 18.1. The van der Waals surface area contributed by atoms with Crippen LogP contribution in [0, 0.1) is 6.92 Å². The molecule has 2 aliphatic rings. The van der Waals surface area contributed by atoms with Gasteiger partial charge in [-0.25, -0.2) is 4.98 Å². The number of carbonyl (C=O) groups is 3. The molecule has 0 aliphatic carbocycles. The van der Waals surface area contributed by atoms with Crippen LogP contribution in [0.25, 0.3) is 0 Å². The van der Waals surface area contributed by atoms with Gasteiger partial charge in [-0.05, 0) is 5.57 Å². The van der Waals surface area contributed by atoms with E-state index in [4.69, 9.17) is 15.0 Å². The number of amides is 2. The van der Waals surface area contributed by atoms with Crippen molar-refractivity contribution in [1.29, 1.82) is 0 Å². The number of aromatic nitrogens is 3. The monoisotopic (exact) mass is 533 g/mol. The van der Waals surface area contributed by atoms with Crippen molar-refractivity contribution in [3.05, 3.63) is 28.2 Å². The molecule has 17 heteroatoms. The minimum absolute atomic E-state index is 0. The first-order valence-corrected chi connectivity index (χ1v) is 12.2. The van der Waals surface area contributed by atoms with E-state index in [0.717, 1.165) is 28.0 Å². The number of β-lactam (4-membered cyclic amide) rings is 1. The second-order valence-electron chi connectivity index (χ2n) is 6.67. The summed E-state index contributed by atoms with van der Waals surface area (Å²) in [6.45, 7) is 1.64. The van der Waals surface area contributed by atoms with Crippen molar-refractivity contribution in [3.63, 3.8) is 0 Å². The number of hydrogen-bond donors (Lipinski definition) is 2. The van der Waals surface area contributed by atoms with Crippen LogP contribution in [0.3, 0.4) is 0 Å². The summed E-state index contributed by atoms with van der Waals surface area (Å²) in [6.07, 6.45) is 0. The summed E-state index contributed by atoms with van der Waals surface area (Å²) in [5.74, 6) is -1.83. The van der Waals surface area contributed by atoms with Gasteiger partial charge in [-0.3, -0.25) is 14.5 Å². The zero-order chi connectivity index (χ0) is 23.7. The number of nitrogens with zero attached hydrogens (tertiary/aromatic N) is 5. The summed E-state index contributed by atoms with van der Waals surface area (Å²) in [5, 5.41) is 27.1. The molecule has 4 heterocycles. The van der Waals surface area contributed by atoms with E-state index >= 15 is 0 Å². The van der Waals surface area contributed by atoms with E-state index in [2.05, 4.69) is 25.7 Å². The Balaban J connectivity index is 0.00000324. The fraction of sp³-hybridized carbons (Fsp3) is 0.353. The van der Waals surface area contributed by atoms with Gasteiger partial charge in [-0.1, -0.05) is 16.9 Å². The fourth-order valence-corrected chi connectivity index (χ4v) is 6.01. The first-order chi connectivity index (χ1) is 15.8. The SMILES string of the molecule is CON=C(C(=O)NC1C(=O)N2C(C(=O)[O-])=C(CSc3nnc(C)o3)CS[C@@H]12)c1csc(N)n1.[Na+]. The molecule has 0 aromatic carbocycles. The molecule has 1 unspecified atom stereocenters. The van der Waals surface area contributed by atoms with Crippen LogP contribution in [0.2, 0.25) is 0 Å². The Labute approximate surface area is 227 Å². The molecule has 1 saturated heterocycles. The molecule has 1 fully saturated rings. The Morgan fingerprint density at radius 1 is 1.47 bits per heavy atom. The third-order valence-electron chi connectivity index (χ3n) is 4.57. The number of carboxylic acids is 1. The van der Waals surface area contributed by atoms with Gasteiger partial charge in [-0.15, -0.1) is 33.3 Å². The number of oxime groups is 1. The third-order valence-corrected chi connectivity index (χ3v) is 7.49. The van der Waals surface area contributed by atoms with Crippen LogP contribution in [0.4, 0.5) is 5.13 Å². The molecule has 4 rings (SSSR count). The number of carbonyl (C=O) groups excluding carboxylic acids is 3. The molecule has 0 radical (unpaired) electrons. The van der Waals surface area contributed by atoms with Gasteiger partial charge in [0.2, 0.25) is 5.89 Å². The summed E-state index contributed by atoms with van der Waals surface area (Å²) < 4.78 is 5.28. The first-order valence-electron chi connectivity index (χ1n) is 9.24. The van der Waals surface area contributed by atoms with Crippen LogP contribution in [-0.2, 0) is 19.2 Å². The molecule has 0 spiro atoms. The molecule has 2 aliphatic heterocycles. The Morgan fingerprint density at radius 2 is 2.24 bits per heavy atom. The standard InChI is InChI=1S/C17H17N7O6S3.Na/c1-6-21-22-17(30-6)33-4-7-3-31-14-10(13(26)24(14)11(7)15(27)28)20-12(25)9(23-29-2)8-5-32-16(18)19-8;/h5,10,14H,3-4H2,1-2H3,(H2,18,19)(H,20,25)(H,27,28);/q;+1/p-1/t10?,14-;/m0./s1. The molecular weight excluding hydrogens is 517 g/mol. The number of rotatable bonds is 8. The summed E-state index contributed by atoms with van der Waals surface area (Å²) >= 11 is 3.60. The van der Waals surface area contributed by atoms with E-state index in [1.165, 1.54) is 24.3 Å². The summed E-state index contributed by atoms with van der Waals surface area (Å²) in [4.78, 5) is 47.3. The predicted octanol–water partition coefficient (Wildman–Crippen LogP) is -4.03. The molecule has 0 bridgehead atoms. The minimum atomic E-state index is -1.48. The van der Waals surface area contributed by atoms with Gasteiger partial charge < -0.3 is 30.2 Å². The van der Waals surface area contributed by atoms with Gasteiger partial charge in [-0.2, -0.15) is 0 Å². The smallest absolute Gasteiger partial charge is 0.543 e. The van der Waals surface area contributed by atoms with Gasteiger partial charge in [0.05, 0.1) is 11.7 Å². The molecule has 174 valence electrons. The Hall–Kier alpha value is -2.11. The normalized spacial score (nSPS) is 19.8. The molecule has 13 nitrogen and oxygen atoms in total. The number of nitrogen functional groups attached to an aromatic ring is 1. The Bertz CT molecular complexity index is 1180. The molecule has 2 amide bonds. The van der Waals surface area contributed by atoms with Crippen LogP contribution >= 0.6 is 34.9 Å². The van der Waals surface area contributed by atoms with E-state index in [9.17, 15) is 19.5 Å². The zero-order valence-corrected chi connectivity index (χ0v) is 22.6. The van der Waals surface area contributed by atoms with Crippen molar-refractivity contribution in [3.8, 4) is 0 Å². The van der Waals surface area contributed by atoms with E-state index < -0.39 is 29.2 Å². The molecule has 0 saturated carbocycles. The molecule has 3 N–H and O–H groups in total. The second kappa shape index (κ2) is 11.1. The Morgan fingerprint density at radius 3 is 2.82 bits per heavy atom. The van der Waals surface area contributed by atoms with Gasteiger partial charge in [0.15, 0.2) is 10.8 Å². The summed E-state index contributed by atoms with van der Waals surface area (Å²) in [5.41, 5.74) is 5.93. The Kier molecular flexibility index (Phi) is 8.64. The number of thioether (sulfide) groups is 2. The number of nitrogens with one attached hydrogen (secondary N) is 1. The van der Waals surface area contributed by atoms with Crippen molar-refractivity contribution in [1.82, 2.24) is 25.4 Å². The number of aryl methyl sites for hydroxylation is 1. The maximum atomic E-state index is 12.8. The average molecular weight is 534 g/mol. The minimum Gasteiger partial charge on any atom is -0.543 e. The largest absolute Gasteiger partial charge is 1.00 e. The number of aliphatic carboxylic acids is 1.